The number of hydrogen-bond donors (Lipinski definition) is 0. The Bertz CT molecular complexity index is 809. The monoisotopic (exact) mass is 403 g/mol. The van der Waals surface area contributed by atoms with E-state index in [2.05, 4.69) is 75.4 Å². The fourth-order valence-corrected chi connectivity index (χ4v) is 3.90. The van der Waals surface area contributed by atoms with E-state index in [-0.39, 0.29) is 5.41 Å². The molecule has 2 nitrogen and oxygen atoms in total. The molecule has 2 rings (SSSR count). The summed E-state index contributed by atoms with van der Waals surface area (Å²) in [4.78, 5) is 12.3. The van der Waals surface area contributed by atoms with Gasteiger partial charge in [-0.15, -0.1) is 0 Å². The summed E-state index contributed by atoms with van der Waals surface area (Å²) in [5.41, 5.74) is 4.92. The third kappa shape index (κ3) is 7.79. The lowest BCUT2D eigenvalue weighted by Gasteiger charge is -2.26. The number of Topliss-reactive ketones (excluding diaryl/α,β-unsaturated/α-hetero) is 1. The van der Waals surface area contributed by atoms with Gasteiger partial charge in [-0.2, -0.15) is 5.26 Å². The summed E-state index contributed by atoms with van der Waals surface area (Å²) in [5, 5.41) is 8.52. The molecule has 0 saturated carbocycles. The summed E-state index contributed by atoms with van der Waals surface area (Å²) in [6, 6.07) is 19.5. The van der Waals surface area contributed by atoms with E-state index in [9.17, 15) is 4.79 Å². The van der Waals surface area contributed by atoms with Gasteiger partial charge in [0.1, 0.15) is 5.78 Å². The Kier molecular flexibility index (Phi) is 9.81. The zero-order valence-corrected chi connectivity index (χ0v) is 19.0. The number of rotatable bonds is 13. The second-order valence-corrected chi connectivity index (χ2v) is 9.04. The van der Waals surface area contributed by atoms with Gasteiger partial charge in [-0.25, -0.2) is 0 Å². The molecule has 2 aromatic rings. The Morgan fingerprint density at radius 3 is 1.87 bits per heavy atom. The van der Waals surface area contributed by atoms with Crippen molar-refractivity contribution in [3.05, 3.63) is 70.8 Å². The number of nitriles is 1. The maximum absolute atomic E-state index is 12.3. The largest absolute Gasteiger partial charge is 0.299 e. The quantitative estimate of drug-likeness (QED) is 0.325. The zero-order valence-electron chi connectivity index (χ0n) is 19.0. The van der Waals surface area contributed by atoms with Gasteiger partial charge in [-0.05, 0) is 36.5 Å². The predicted octanol–water partition coefficient (Wildman–Crippen LogP) is 7.47. The maximum Gasteiger partial charge on any atom is 0.137 e. The van der Waals surface area contributed by atoms with Crippen molar-refractivity contribution in [2.24, 2.45) is 0 Å². The minimum absolute atomic E-state index is 0.0507. The van der Waals surface area contributed by atoms with Gasteiger partial charge in [0, 0.05) is 24.7 Å². The lowest BCUT2D eigenvalue weighted by Crippen LogP contribution is -2.18. The zero-order chi connectivity index (χ0) is 21.8. The van der Waals surface area contributed by atoms with Gasteiger partial charge < -0.3 is 0 Å². The standard InChI is InChI=1S/C28H37NO/c1-23-13-17-25(18-14-23)28(2,3)26-19-15-24(16-20-26)22-27(30)12-10-8-6-4-5-7-9-11-21-29/h13-20H,4-12,22H2,1-3H3. The number of carbonyl (C=O) groups is 1. The summed E-state index contributed by atoms with van der Waals surface area (Å²) >= 11 is 0. The normalized spacial score (nSPS) is 11.3. The Hall–Kier alpha value is -2.40. The second-order valence-electron chi connectivity index (χ2n) is 9.04. The van der Waals surface area contributed by atoms with Gasteiger partial charge in [-0.3, -0.25) is 4.79 Å². The smallest absolute Gasteiger partial charge is 0.137 e. The molecule has 2 aromatic carbocycles. The van der Waals surface area contributed by atoms with Gasteiger partial charge in [0.05, 0.1) is 6.07 Å². The van der Waals surface area contributed by atoms with E-state index in [1.54, 1.807) is 0 Å². The van der Waals surface area contributed by atoms with Crippen LogP contribution in [0.25, 0.3) is 0 Å². The molecule has 0 bridgehead atoms. The van der Waals surface area contributed by atoms with Crippen LogP contribution in [0.1, 0.15) is 93.9 Å². The molecule has 0 amide bonds. The summed E-state index contributed by atoms with van der Waals surface area (Å²) in [5.74, 6) is 0.342. The first kappa shape index (κ1) is 23.9. The van der Waals surface area contributed by atoms with Gasteiger partial charge in [-0.1, -0.05) is 100 Å². The number of ketones is 1. The van der Waals surface area contributed by atoms with Crippen LogP contribution in [0.4, 0.5) is 0 Å². The Morgan fingerprint density at radius 2 is 1.30 bits per heavy atom. The SMILES string of the molecule is Cc1ccc(C(C)(C)c2ccc(CC(=O)CCCCCCCCCC#N)cc2)cc1. The van der Waals surface area contributed by atoms with E-state index in [0.29, 0.717) is 25.0 Å². The minimum atomic E-state index is -0.0507. The van der Waals surface area contributed by atoms with Crippen LogP contribution in [-0.2, 0) is 16.6 Å². The van der Waals surface area contributed by atoms with Crippen molar-refractivity contribution < 1.29 is 4.79 Å². The fourth-order valence-electron chi connectivity index (χ4n) is 3.90. The average molecular weight is 404 g/mol. The molecule has 0 radical (unpaired) electrons. The van der Waals surface area contributed by atoms with Crippen LogP contribution in [0, 0.1) is 18.3 Å². The second kappa shape index (κ2) is 12.3. The van der Waals surface area contributed by atoms with Crippen molar-refractivity contribution in [1.29, 1.82) is 5.26 Å². The van der Waals surface area contributed by atoms with Crippen molar-refractivity contribution in [3.8, 4) is 6.07 Å². The van der Waals surface area contributed by atoms with E-state index in [0.717, 1.165) is 31.2 Å². The maximum atomic E-state index is 12.3. The van der Waals surface area contributed by atoms with Gasteiger partial charge in [0.15, 0.2) is 0 Å². The summed E-state index contributed by atoms with van der Waals surface area (Å²) < 4.78 is 0. The molecule has 2 heteroatoms. The Labute approximate surface area is 183 Å². The predicted molar refractivity (Wildman–Crippen MR) is 126 cm³/mol. The highest BCUT2D eigenvalue weighted by molar-refractivity contribution is 5.80. The molecule has 0 unspecified atom stereocenters. The van der Waals surface area contributed by atoms with Crippen LogP contribution in [0.2, 0.25) is 0 Å². The van der Waals surface area contributed by atoms with Crippen molar-refractivity contribution in [1.82, 2.24) is 0 Å². The van der Waals surface area contributed by atoms with Crippen LogP contribution >= 0.6 is 0 Å². The summed E-state index contributed by atoms with van der Waals surface area (Å²) in [6.45, 7) is 6.62. The van der Waals surface area contributed by atoms with Gasteiger partial charge in [0.2, 0.25) is 0 Å². The van der Waals surface area contributed by atoms with E-state index in [1.807, 2.05) is 0 Å². The Balaban J connectivity index is 1.73. The van der Waals surface area contributed by atoms with E-state index in [4.69, 9.17) is 5.26 Å². The molecule has 0 aliphatic rings. The summed E-state index contributed by atoms with van der Waals surface area (Å²) in [6.07, 6.45) is 9.84. The van der Waals surface area contributed by atoms with Crippen molar-refractivity contribution in [2.45, 2.75) is 90.4 Å². The lowest BCUT2D eigenvalue weighted by molar-refractivity contribution is -0.118. The molecule has 0 N–H and O–H groups in total. The molecule has 0 aromatic heterocycles. The topological polar surface area (TPSA) is 40.9 Å². The molecule has 0 atom stereocenters. The third-order valence-corrected chi connectivity index (χ3v) is 6.09. The molecule has 30 heavy (non-hydrogen) atoms. The van der Waals surface area contributed by atoms with Crippen LogP contribution in [0.15, 0.2) is 48.5 Å². The van der Waals surface area contributed by atoms with Crippen molar-refractivity contribution in [2.75, 3.05) is 0 Å². The van der Waals surface area contributed by atoms with Crippen LogP contribution in [0.5, 0.6) is 0 Å². The lowest BCUT2D eigenvalue weighted by atomic mass is 9.77. The first-order valence-electron chi connectivity index (χ1n) is 11.5. The molecule has 0 aliphatic carbocycles. The van der Waals surface area contributed by atoms with Crippen LogP contribution in [0.3, 0.4) is 0 Å². The number of nitrogens with zero attached hydrogens (tertiary/aromatic N) is 1. The highest BCUT2D eigenvalue weighted by atomic mass is 16.1. The van der Waals surface area contributed by atoms with Crippen LogP contribution in [-0.4, -0.2) is 5.78 Å². The number of hydrogen-bond acceptors (Lipinski definition) is 2. The number of unbranched alkanes of at least 4 members (excludes halogenated alkanes) is 7. The van der Waals surface area contributed by atoms with Gasteiger partial charge >= 0.3 is 0 Å². The molecule has 0 spiro atoms. The highest BCUT2D eigenvalue weighted by Crippen LogP contribution is 2.31. The molecule has 0 aliphatic heterocycles. The molecular formula is C28H37NO. The number of carbonyl (C=O) groups excluding carboxylic acids is 1. The summed E-state index contributed by atoms with van der Waals surface area (Å²) in [7, 11) is 0. The molecule has 160 valence electrons. The van der Waals surface area contributed by atoms with Gasteiger partial charge in [0.25, 0.3) is 0 Å². The van der Waals surface area contributed by atoms with E-state index < -0.39 is 0 Å². The Morgan fingerprint density at radius 1 is 0.800 bits per heavy atom. The highest BCUT2D eigenvalue weighted by Gasteiger charge is 2.22. The first-order chi connectivity index (χ1) is 14.4. The molecule has 0 heterocycles. The third-order valence-electron chi connectivity index (χ3n) is 6.09. The first-order valence-corrected chi connectivity index (χ1v) is 11.5. The van der Waals surface area contributed by atoms with E-state index >= 15 is 0 Å². The van der Waals surface area contributed by atoms with Crippen molar-refractivity contribution in [3.63, 3.8) is 0 Å². The van der Waals surface area contributed by atoms with Crippen LogP contribution < -0.4 is 0 Å². The van der Waals surface area contributed by atoms with E-state index in [1.165, 1.54) is 36.0 Å². The molecule has 0 saturated heterocycles. The molecular weight excluding hydrogens is 366 g/mol. The molecule has 0 fully saturated rings. The average Bonchev–Trinajstić information content (AvgIpc) is 2.73. The number of benzene rings is 2. The fraction of sp³-hybridized carbons (Fsp3) is 0.500. The minimum Gasteiger partial charge on any atom is -0.299 e. The number of aryl methyl sites for hydroxylation is 1. The van der Waals surface area contributed by atoms with Crippen molar-refractivity contribution >= 4 is 5.78 Å².